The van der Waals surface area contributed by atoms with Crippen LogP contribution in [-0.2, 0) is 12.8 Å². The molecule has 0 bridgehead atoms. The molecule has 0 heterocycles. The normalized spacial score (nSPS) is 12.0. The molecule has 2 heteroatoms. The summed E-state index contributed by atoms with van der Waals surface area (Å²) >= 11 is 0. The molecule has 0 aliphatic carbocycles. The molecule has 0 saturated carbocycles. The topological polar surface area (TPSA) is 24.7 Å². The van der Waals surface area contributed by atoms with Crippen LogP contribution in [0.4, 0.5) is 11.4 Å². The van der Waals surface area contributed by atoms with E-state index < -0.39 is 0 Å². The summed E-state index contributed by atoms with van der Waals surface area (Å²) in [6.07, 6.45) is 70.9. The van der Waals surface area contributed by atoms with Gasteiger partial charge < -0.3 is 0 Å². The van der Waals surface area contributed by atoms with E-state index in [1.165, 1.54) is 300 Å². The highest BCUT2D eigenvalue weighted by Gasteiger charge is 2.03. The minimum Gasteiger partial charge on any atom is -0.255 e. The van der Waals surface area contributed by atoms with E-state index in [1.54, 1.807) is 0 Å². The number of hydrogen-bond donors (Lipinski definition) is 0. The molecule has 390 valence electrons. The first-order valence-electron chi connectivity index (χ1n) is 31.0. The van der Waals surface area contributed by atoms with Crippen LogP contribution in [0.1, 0.15) is 334 Å². The molecule has 0 radical (unpaired) electrons. The van der Waals surface area contributed by atoms with Gasteiger partial charge in [0.05, 0.1) is 17.1 Å². The number of benzene rings is 2. The van der Waals surface area contributed by atoms with Crippen molar-refractivity contribution in [2.24, 2.45) is 9.98 Å². The van der Waals surface area contributed by atoms with Crippen molar-refractivity contribution in [2.45, 2.75) is 335 Å². The van der Waals surface area contributed by atoms with Crippen molar-refractivity contribution in [3.8, 4) is 0 Å². The van der Waals surface area contributed by atoms with Gasteiger partial charge in [-0.1, -0.05) is 321 Å². The molecule has 0 aliphatic rings. The molecule has 68 heavy (non-hydrogen) atoms. The Morgan fingerprint density at radius 1 is 0.309 bits per heavy atom. The van der Waals surface area contributed by atoms with Crippen molar-refractivity contribution in [1.82, 2.24) is 0 Å². The molecule has 0 amide bonds. The monoisotopic (exact) mass is 937 g/mol. The zero-order valence-corrected chi connectivity index (χ0v) is 46.2. The molecule has 2 nitrogen and oxygen atoms in total. The van der Waals surface area contributed by atoms with Gasteiger partial charge in [0, 0.05) is 6.21 Å². The van der Waals surface area contributed by atoms with Gasteiger partial charge in [-0.25, -0.2) is 0 Å². The quantitative estimate of drug-likeness (QED) is 0.0466. The third kappa shape index (κ3) is 40.5. The number of aliphatic imine (C=N–C) groups is 2. The van der Waals surface area contributed by atoms with Crippen LogP contribution in [0.15, 0.2) is 58.5 Å². The largest absolute Gasteiger partial charge is 0.255 e. The molecule has 2 rings (SSSR count). The highest BCUT2D eigenvalue weighted by Crippen LogP contribution is 2.22. The fourth-order valence-electron chi connectivity index (χ4n) is 10.3. The second-order valence-corrected chi connectivity index (χ2v) is 21.7. The van der Waals surface area contributed by atoms with Crippen LogP contribution < -0.4 is 0 Å². The average Bonchev–Trinajstić information content (AvgIpc) is 3.35. The van der Waals surface area contributed by atoms with Gasteiger partial charge in [-0.3, -0.25) is 9.98 Å². The Morgan fingerprint density at radius 2 is 0.574 bits per heavy atom. The third-order valence-corrected chi connectivity index (χ3v) is 14.9. The van der Waals surface area contributed by atoms with Gasteiger partial charge in [0.2, 0.25) is 0 Å². The Hall–Kier alpha value is -2.22. The first-order valence-corrected chi connectivity index (χ1v) is 31.0. The lowest BCUT2D eigenvalue weighted by atomic mass is 10.0. The number of aryl methyl sites for hydroxylation is 2. The van der Waals surface area contributed by atoms with Gasteiger partial charge in [-0.2, -0.15) is 0 Å². The van der Waals surface area contributed by atoms with Crippen molar-refractivity contribution < 1.29 is 0 Å². The summed E-state index contributed by atoms with van der Waals surface area (Å²) in [6.45, 7) is 6.88. The SMILES string of the molecule is CCCCCCCCCCCCCCCCCCCCCCCCc1cccc(N=CC(CCCC)=Nc2cccc(CCCCCCCCCCCCCCCCCCCCCCCC)c2)c1. The van der Waals surface area contributed by atoms with Crippen LogP contribution in [-0.4, -0.2) is 11.9 Å². The van der Waals surface area contributed by atoms with Crippen molar-refractivity contribution in [2.75, 3.05) is 0 Å². The van der Waals surface area contributed by atoms with Crippen LogP contribution in [0.3, 0.4) is 0 Å². The summed E-state index contributed by atoms with van der Waals surface area (Å²) in [5, 5.41) is 0. The standard InChI is InChI=1S/C66H116N2/c1-4-7-10-12-14-16-18-20-22-24-26-28-30-32-34-36-38-40-42-44-46-48-52-62-54-50-57-64(59-62)67-61-66(56-9-6-3)68-65-58-51-55-63(60-65)53-49-47-45-43-41-39-37-35-33-31-29-27-25-23-21-19-17-15-13-11-8-5-2/h50-51,54-55,57-61H,4-49,52-53,56H2,1-3H3. The van der Waals surface area contributed by atoms with E-state index in [0.29, 0.717) is 0 Å². The molecule has 0 aromatic heterocycles. The first kappa shape index (κ1) is 61.9. The molecule has 2 aromatic rings. The maximum absolute atomic E-state index is 5.14. The highest BCUT2D eigenvalue weighted by molar-refractivity contribution is 6.31. The summed E-state index contributed by atoms with van der Waals surface area (Å²) in [5.74, 6) is 0. The second kappa shape index (κ2) is 49.7. The lowest BCUT2D eigenvalue weighted by Crippen LogP contribution is -1.99. The molecule has 0 spiro atoms. The average molecular weight is 938 g/mol. The lowest BCUT2D eigenvalue weighted by Gasteiger charge is -2.06. The van der Waals surface area contributed by atoms with E-state index in [0.717, 1.165) is 42.8 Å². The van der Waals surface area contributed by atoms with Crippen molar-refractivity contribution >= 4 is 23.3 Å². The van der Waals surface area contributed by atoms with Crippen LogP contribution in [0.2, 0.25) is 0 Å². The Labute approximate surface area is 426 Å². The van der Waals surface area contributed by atoms with Crippen molar-refractivity contribution in [3.05, 3.63) is 59.7 Å². The van der Waals surface area contributed by atoms with Gasteiger partial charge in [0.1, 0.15) is 0 Å². The maximum Gasteiger partial charge on any atom is 0.0636 e. The molecule has 2 aromatic carbocycles. The molecular formula is C66H116N2. The zero-order valence-electron chi connectivity index (χ0n) is 46.2. The number of nitrogens with zero attached hydrogens (tertiary/aromatic N) is 2. The number of hydrogen-bond acceptors (Lipinski definition) is 2. The number of rotatable bonds is 52. The molecule has 0 unspecified atom stereocenters. The first-order chi connectivity index (χ1) is 33.7. The van der Waals surface area contributed by atoms with Crippen LogP contribution in [0, 0.1) is 0 Å². The van der Waals surface area contributed by atoms with E-state index in [9.17, 15) is 0 Å². The van der Waals surface area contributed by atoms with E-state index in [2.05, 4.69) is 69.3 Å². The predicted molar refractivity (Wildman–Crippen MR) is 310 cm³/mol. The van der Waals surface area contributed by atoms with E-state index in [4.69, 9.17) is 9.98 Å². The van der Waals surface area contributed by atoms with Gasteiger partial charge in [-0.15, -0.1) is 0 Å². The molecule has 0 N–H and O–H groups in total. The Kier molecular flexibility index (Phi) is 45.3. The minimum atomic E-state index is 0.975. The summed E-state index contributed by atoms with van der Waals surface area (Å²) in [7, 11) is 0. The van der Waals surface area contributed by atoms with Crippen molar-refractivity contribution in [3.63, 3.8) is 0 Å². The van der Waals surface area contributed by atoms with E-state index >= 15 is 0 Å². The van der Waals surface area contributed by atoms with E-state index in [-0.39, 0.29) is 0 Å². The smallest absolute Gasteiger partial charge is 0.0636 e. The second-order valence-electron chi connectivity index (χ2n) is 21.7. The van der Waals surface area contributed by atoms with Crippen LogP contribution in [0.5, 0.6) is 0 Å². The highest BCUT2D eigenvalue weighted by atomic mass is 14.8. The summed E-state index contributed by atoms with van der Waals surface area (Å²) in [5.41, 5.74) is 6.08. The Balaban J connectivity index is 1.49. The summed E-state index contributed by atoms with van der Waals surface area (Å²) in [6, 6.07) is 17.9. The number of unbranched alkanes of at least 4 members (excludes halogenated alkanes) is 43. The van der Waals surface area contributed by atoms with Gasteiger partial charge >= 0.3 is 0 Å². The van der Waals surface area contributed by atoms with Gasteiger partial charge in [0.25, 0.3) is 0 Å². The van der Waals surface area contributed by atoms with Crippen molar-refractivity contribution in [1.29, 1.82) is 0 Å². The van der Waals surface area contributed by atoms with Gasteiger partial charge in [-0.05, 0) is 73.9 Å². The lowest BCUT2D eigenvalue weighted by molar-refractivity contribution is 0.519. The zero-order chi connectivity index (χ0) is 48.3. The molecule has 0 fully saturated rings. The van der Waals surface area contributed by atoms with E-state index in [1.807, 2.05) is 6.21 Å². The molecular weight excluding hydrogens is 821 g/mol. The fraction of sp³-hybridized carbons (Fsp3) is 0.788. The molecule has 0 atom stereocenters. The Bertz CT molecular complexity index is 1390. The maximum atomic E-state index is 5.14. The van der Waals surface area contributed by atoms with Crippen LogP contribution >= 0.6 is 0 Å². The minimum absolute atomic E-state index is 0.975. The van der Waals surface area contributed by atoms with Gasteiger partial charge in [0.15, 0.2) is 0 Å². The Morgan fingerprint density at radius 3 is 0.882 bits per heavy atom. The molecule has 0 saturated heterocycles. The summed E-state index contributed by atoms with van der Waals surface area (Å²) in [4.78, 5) is 10.1. The third-order valence-electron chi connectivity index (χ3n) is 14.9. The van der Waals surface area contributed by atoms with Crippen LogP contribution in [0.25, 0.3) is 0 Å². The summed E-state index contributed by atoms with van der Waals surface area (Å²) < 4.78 is 0. The fourth-order valence-corrected chi connectivity index (χ4v) is 10.3. The predicted octanol–water partition coefficient (Wildman–Crippen LogP) is 23.6. The molecule has 0 aliphatic heterocycles.